The van der Waals surface area contributed by atoms with Crippen molar-refractivity contribution >= 4 is 33.4 Å². The van der Waals surface area contributed by atoms with E-state index >= 15 is 0 Å². The number of primary amides is 1. The molecule has 2 heterocycles. The average Bonchev–Trinajstić information content (AvgIpc) is 2.91. The fourth-order valence-corrected chi connectivity index (χ4v) is 4.03. The van der Waals surface area contributed by atoms with Crippen LogP contribution in [0.5, 0.6) is 0 Å². The third-order valence-electron chi connectivity index (χ3n) is 4.43. The number of carbonyl (C=O) groups excluding carboxylic acids is 2. The smallest absolute Gasteiger partial charge is 0.269 e. The number of aromatic nitrogens is 1. The Balaban J connectivity index is 1.78. The first-order valence-corrected chi connectivity index (χ1v) is 8.45. The molecule has 0 radical (unpaired) electrons. The number of carbonyl (C=O) groups is 2. The third-order valence-corrected chi connectivity index (χ3v) is 5.66. The summed E-state index contributed by atoms with van der Waals surface area (Å²) in [6.07, 6.45) is 1.18. The first-order chi connectivity index (χ1) is 11.0. The summed E-state index contributed by atoms with van der Waals surface area (Å²) in [4.78, 5) is 38.0. The summed E-state index contributed by atoms with van der Waals surface area (Å²) in [7, 11) is 0. The SMILES string of the molecule is CC(C(=O)N1CCC(C(N)=O)CC1)n1sc2ccccc2c1=O. The maximum absolute atomic E-state index is 12.7. The van der Waals surface area contributed by atoms with Crippen molar-refractivity contribution in [2.45, 2.75) is 25.8 Å². The van der Waals surface area contributed by atoms with Crippen molar-refractivity contribution in [2.24, 2.45) is 11.7 Å². The minimum atomic E-state index is -0.537. The van der Waals surface area contributed by atoms with Gasteiger partial charge in [-0.15, -0.1) is 0 Å². The largest absolute Gasteiger partial charge is 0.369 e. The Morgan fingerprint density at radius 3 is 2.52 bits per heavy atom. The molecule has 0 spiro atoms. The Morgan fingerprint density at radius 1 is 1.26 bits per heavy atom. The number of fused-ring (bicyclic) bond motifs is 1. The molecule has 1 aliphatic heterocycles. The fourth-order valence-electron chi connectivity index (χ4n) is 2.99. The summed E-state index contributed by atoms with van der Waals surface area (Å²) in [5.74, 6) is -0.533. The minimum Gasteiger partial charge on any atom is -0.369 e. The lowest BCUT2D eigenvalue weighted by Gasteiger charge is -2.32. The number of nitrogens with zero attached hydrogens (tertiary/aromatic N) is 2. The van der Waals surface area contributed by atoms with Crippen molar-refractivity contribution in [3.63, 3.8) is 0 Å². The zero-order valence-corrected chi connectivity index (χ0v) is 13.7. The van der Waals surface area contributed by atoms with Crippen LogP contribution in [0.15, 0.2) is 29.1 Å². The first-order valence-electron chi connectivity index (χ1n) is 7.67. The van der Waals surface area contributed by atoms with Crippen LogP contribution in [0.1, 0.15) is 25.8 Å². The van der Waals surface area contributed by atoms with Gasteiger partial charge in [0.15, 0.2) is 0 Å². The molecule has 1 aliphatic rings. The Bertz CT molecular complexity index is 802. The van der Waals surface area contributed by atoms with Gasteiger partial charge in [-0.3, -0.25) is 18.3 Å². The van der Waals surface area contributed by atoms with Crippen LogP contribution in [0.25, 0.3) is 10.1 Å². The van der Waals surface area contributed by atoms with Crippen LogP contribution in [0, 0.1) is 5.92 Å². The Hall–Kier alpha value is -2.15. The monoisotopic (exact) mass is 333 g/mol. The Morgan fingerprint density at radius 2 is 1.91 bits per heavy atom. The zero-order chi connectivity index (χ0) is 16.6. The van der Waals surface area contributed by atoms with Gasteiger partial charge in [-0.2, -0.15) is 0 Å². The lowest BCUT2D eigenvalue weighted by Crippen LogP contribution is -2.44. The van der Waals surface area contributed by atoms with E-state index in [0.29, 0.717) is 31.3 Å². The average molecular weight is 333 g/mol. The van der Waals surface area contributed by atoms with E-state index in [-0.39, 0.29) is 23.3 Å². The second-order valence-electron chi connectivity index (χ2n) is 5.90. The molecule has 0 aliphatic carbocycles. The minimum absolute atomic E-state index is 0.0819. The van der Waals surface area contributed by atoms with E-state index in [1.165, 1.54) is 15.5 Å². The molecule has 1 saturated heterocycles. The van der Waals surface area contributed by atoms with E-state index in [1.807, 2.05) is 18.2 Å². The molecule has 2 amide bonds. The molecule has 122 valence electrons. The van der Waals surface area contributed by atoms with Gasteiger partial charge < -0.3 is 10.6 Å². The summed E-state index contributed by atoms with van der Waals surface area (Å²) in [5.41, 5.74) is 5.19. The van der Waals surface area contributed by atoms with E-state index < -0.39 is 6.04 Å². The van der Waals surface area contributed by atoms with Crippen molar-refractivity contribution in [1.29, 1.82) is 0 Å². The van der Waals surface area contributed by atoms with Crippen LogP contribution >= 0.6 is 11.5 Å². The number of rotatable bonds is 3. The Kier molecular flexibility index (Phi) is 4.21. The zero-order valence-electron chi connectivity index (χ0n) is 12.9. The quantitative estimate of drug-likeness (QED) is 0.920. The molecule has 1 aromatic carbocycles. The molecule has 0 saturated carbocycles. The standard InChI is InChI=1S/C16H19N3O3S/c1-10(15(21)18-8-6-11(7-9-18)14(17)20)19-16(22)12-4-2-3-5-13(12)23-19/h2-5,10-11H,6-9H2,1H3,(H2,17,20). The van der Waals surface area contributed by atoms with Crippen LogP contribution in [0.4, 0.5) is 0 Å². The third kappa shape index (κ3) is 2.88. The first kappa shape index (κ1) is 15.7. The van der Waals surface area contributed by atoms with E-state index in [1.54, 1.807) is 17.9 Å². The highest BCUT2D eigenvalue weighted by atomic mass is 32.1. The molecule has 1 atom stereocenters. The summed E-state index contributed by atoms with van der Waals surface area (Å²) in [6.45, 7) is 2.77. The topological polar surface area (TPSA) is 85.4 Å². The van der Waals surface area contributed by atoms with Crippen LogP contribution in [-0.4, -0.2) is 33.8 Å². The second kappa shape index (κ2) is 6.16. The molecule has 0 bridgehead atoms. The molecule has 23 heavy (non-hydrogen) atoms. The van der Waals surface area contributed by atoms with E-state index in [0.717, 1.165) is 4.70 Å². The predicted octanol–water partition coefficient (Wildman–Crippen LogP) is 1.35. The molecular weight excluding hydrogens is 314 g/mol. The number of hydrogen-bond acceptors (Lipinski definition) is 4. The summed E-state index contributed by atoms with van der Waals surface area (Å²) >= 11 is 1.31. The van der Waals surface area contributed by atoms with Gasteiger partial charge in [-0.25, -0.2) is 0 Å². The van der Waals surface area contributed by atoms with Gasteiger partial charge in [0.25, 0.3) is 5.56 Å². The van der Waals surface area contributed by atoms with Crippen molar-refractivity contribution in [1.82, 2.24) is 8.86 Å². The van der Waals surface area contributed by atoms with Crippen LogP contribution in [0.2, 0.25) is 0 Å². The van der Waals surface area contributed by atoms with Crippen molar-refractivity contribution in [3.05, 3.63) is 34.6 Å². The van der Waals surface area contributed by atoms with Crippen LogP contribution < -0.4 is 11.3 Å². The number of nitrogens with two attached hydrogens (primary N) is 1. The van der Waals surface area contributed by atoms with Crippen molar-refractivity contribution < 1.29 is 9.59 Å². The van der Waals surface area contributed by atoms with Gasteiger partial charge in [0.2, 0.25) is 11.8 Å². The van der Waals surface area contributed by atoms with E-state index in [2.05, 4.69) is 0 Å². The highest BCUT2D eigenvalue weighted by Crippen LogP contribution is 2.23. The lowest BCUT2D eigenvalue weighted by atomic mass is 9.96. The van der Waals surface area contributed by atoms with Gasteiger partial charge in [0, 0.05) is 19.0 Å². The van der Waals surface area contributed by atoms with Crippen molar-refractivity contribution in [2.75, 3.05) is 13.1 Å². The predicted molar refractivity (Wildman–Crippen MR) is 89.3 cm³/mol. The number of piperidine rings is 1. The normalized spacial score (nSPS) is 17.3. The maximum Gasteiger partial charge on any atom is 0.269 e. The molecule has 6 nitrogen and oxygen atoms in total. The molecule has 1 aromatic heterocycles. The van der Waals surface area contributed by atoms with Gasteiger partial charge >= 0.3 is 0 Å². The maximum atomic E-state index is 12.7. The molecule has 3 rings (SSSR count). The van der Waals surface area contributed by atoms with Crippen molar-refractivity contribution in [3.8, 4) is 0 Å². The van der Waals surface area contributed by atoms with Gasteiger partial charge in [0.1, 0.15) is 6.04 Å². The Labute approximate surface area is 137 Å². The fraction of sp³-hybridized carbons (Fsp3) is 0.438. The summed E-state index contributed by atoms with van der Waals surface area (Å²) < 4.78 is 2.41. The lowest BCUT2D eigenvalue weighted by molar-refractivity contribution is -0.137. The number of likely N-dealkylation sites (tertiary alicyclic amines) is 1. The molecule has 2 N–H and O–H groups in total. The number of amides is 2. The number of hydrogen-bond donors (Lipinski definition) is 1. The molecule has 1 unspecified atom stereocenters. The molecule has 1 fully saturated rings. The van der Waals surface area contributed by atoms with Gasteiger partial charge in [-0.1, -0.05) is 23.7 Å². The van der Waals surface area contributed by atoms with Gasteiger partial charge in [0.05, 0.1) is 10.1 Å². The molecule has 7 heteroatoms. The van der Waals surface area contributed by atoms with Crippen LogP contribution in [0.3, 0.4) is 0 Å². The summed E-state index contributed by atoms with van der Waals surface area (Å²) in [5, 5.41) is 0.643. The molecular formula is C16H19N3O3S. The van der Waals surface area contributed by atoms with Gasteiger partial charge in [-0.05, 0) is 31.9 Å². The van der Waals surface area contributed by atoms with E-state index in [9.17, 15) is 14.4 Å². The highest BCUT2D eigenvalue weighted by Gasteiger charge is 2.30. The highest BCUT2D eigenvalue weighted by molar-refractivity contribution is 7.14. The van der Waals surface area contributed by atoms with E-state index in [4.69, 9.17) is 5.73 Å². The second-order valence-corrected chi connectivity index (χ2v) is 6.91. The molecule has 2 aromatic rings. The number of benzene rings is 1. The summed E-state index contributed by atoms with van der Waals surface area (Å²) in [6, 6.07) is 6.82. The van der Waals surface area contributed by atoms with Crippen LogP contribution in [-0.2, 0) is 9.59 Å².